The molecular formula is C22H28N6O. The van der Waals surface area contributed by atoms with E-state index in [0.717, 1.165) is 68.2 Å². The Kier molecular flexibility index (Phi) is 4.72. The van der Waals surface area contributed by atoms with Gasteiger partial charge in [0.05, 0.1) is 23.7 Å². The van der Waals surface area contributed by atoms with E-state index in [0.29, 0.717) is 5.95 Å². The van der Waals surface area contributed by atoms with E-state index in [1.54, 1.807) is 0 Å². The Balaban J connectivity index is 1.39. The summed E-state index contributed by atoms with van der Waals surface area (Å²) in [5.41, 5.74) is 2.98. The Morgan fingerprint density at radius 2 is 1.93 bits per heavy atom. The molecule has 0 bridgehead atoms. The van der Waals surface area contributed by atoms with Gasteiger partial charge in [0.25, 0.3) is 0 Å². The van der Waals surface area contributed by atoms with E-state index in [2.05, 4.69) is 50.6 Å². The Labute approximate surface area is 171 Å². The SMILES string of the molecule is C[C@H]1C[C@H](O)C2(CC=CC2)c2nc(Nc3ccc(N4CCNCC4)cn3)ncc21. The molecule has 29 heavy (non-hydrogen) atoms. The van der Waals surface area contributed by atoms with Gasteiger partial charge in [0.2, 0.25) is 5.95 Å². The highest BCUT2D eigenvalue weighted by Crippen LogP contribution is 2.48. The van der Waals surface area contributed by atoms with Crippen molar-refractivity contribution in [1.29, 1.82) is 0 Å². The second-order valence-electron chi connectivity index (χ2n) is 8.45. The normalized spacial score (nSPS) is 25.2. The molecule has 2 aromatic heterocycles. The molecule has 3 N–H and O–H groups in total. The van der Waals surface area contributed by atoms with Crippen molar-refractivity contribution in [2.45, 2.75) is 43.6 Å². The molecule has 1 saturated heterocycles. The van der Waals surface area contributed by atoms with E-state index >= 15 is 0 Å². The minimum absolute atomic E-state index is 0.261. The van der Waals surface area contributed by atoms with E-state index in [4.69, 9.17) is 4.98 Å². The van der Waals surface area contributed by atoms with Gasteiger partial charge in [0.1, 0.15) is 5.82 Å². The lowest BCUT2D eigenvalue weighted by atomic mass is 9.66. The van der Waals surface area contributed by atoms with Crippen molar-refractivity contribution in [3.05, 3.63) is 47.9 Å². The van der Waals surface area contributed by atoms with E-state index < -0.39 is 0 Å². The van der Waals surface area contributed by atoms with Gasteiger partial charge < -0.3 is 20.6 Å². The van der Waals surface area contributed by atoms with Crippen molar-refractivity contribution in [2.75, 3.05) is 36.4 Å². The number of allylic oxidation sites excluding steroid dienone is 2. The number of anilines is 3. The Hall–Kier alpha value is -2.51. The number of nitrogens with zero attached hydrogens (tertiary/aromatic N) is 4. The van der Waals surface area contributed by atoms with Crippen LogP contribution in [0.1, 0.15) is 43.4 Å². The topological polar surface area (TPSA) is 86.2 Å². The fourth-order valence-electron chi connectivity index (χ4n) is 4.88. The maximum Gasteiger partial charge on any atom is 0.228 e. The van der Waals surface area contributed by atoms with Crippen LogP contribution in [0.4, 0.5) is 17.5 Å². The molecule has 3 heterocycles. The predicted octanol–water partition coefficient (Wildman–Crippen LogP) is 2.48. The molecule has 0 unspecified atom stereocenters. The van der Waals surface area contributed by atoms with Gasteiger partial charge in [-0.3, -0.25) is 0 Å². The average Bonchev–Trinajstić information content (AvgIpc) is 3.25. The summed E-state index contributed by atoms with van der Waals surface area (Å²) in [5.74, 6) is 1.53. The molecule has 1 fully saturated rings. The van der Waals surface area contributed by atoms with Crippen LogP contribution >= 0.6 is 0 Å². The van der Waals surface area contributed by atoms with Crippen LogP contribution < -0.4 is 15.5 Å². The monoisotopic (exact) mass is 392 g/mol. The number of rotatable bonds is 3. The number of pyridine rings is 1. The molecule has 152 valence electrons. The lowest BCUT2D eigenvalue weighted by Crippen LogP contribution is -2.43. The van der Waals surface area contributed by atoms with Crippen molar-refractivity contribution in [1.82, 2.24) is 20.3 Å². The fourth-order valence-corrected chi connectivity index (χ4v) is 4.88. The largest absolute Gasteiger partial charge is 0.392 e. The highest BCUT2D eigenvalue weighted by molar-refractivity contribution is 5.54. The first kappa shape index (κ1) is 18.5. The molecule has 2 atom stereocenters. The van der Waals surface area contributed by atoms with Crippen molar-refractivity contribution < 1.29 is 5.11 Å². The molecule has 2 aromatic rings. The zero-order chi connectivity index (χ0) is 19.8. The number of aliphatic hydroxyl groups excluding tert-OH is 1. The van der Waals surface area contributed by atoms with Crippen LogP contribution in [-0.2, 0) is 5.41 Å². The highest BCUT2D eigenvalue weighted by atomic mass is 16.3. The molecule has 7 nitrogen and oxygen atoms in total. The van der Waals surface area contributed by atoms with Crippen LogP contribution in [0.5, 0.6) is 0 Å². The number of fused-ring (bicyclic) bond motifs is 2. The van der Waals surface area contributed by atoms with Gasteiger partial charge in [0.15, 0.2) is 0 Å². The molecule has 0 radical (unpaired) electrons. The van der Waals surface area contributed by atoms with E-state index in [1.807, 2.05) is 18.5 Å². The third kappa shape index (κ3) is 3.28. The maximum absolute atomic E-state index is 10.9. The van der Waals surface area contributed by atoms with Crippen molar-refractivity contribution in [3.63, 3.8) is 0 Å². The van der Waals surface area contributed by atoms with Gasteiger partial charge in [0, 0.05) is 37.8 Å². The van der Waals surface area contributed by atoms with Crippen molar-refractivity contribution >= 4 is 17.5 Å². The summed E-state index contributed by atoms with van der Waals surface area (Å²) in [6.45, 7) is 6.15. The van der Waals surface area contributed by atoms with Gasteiger partial charge >= 0.3 is 0 Å². The molecule has 1 aliphatic heterocycles. The van der Waals surface area contributed by atoms with Crippen molar-refractivity contribution in [2.24, 2.45) is 0 Å². The molecule has 0 amide bonds. The first-order chi connectivity index (χ1) is 14.2. The molecule has 0 aromatic carbocycles. The second-order valence-corrected chi connectivity index (χ2v) is 8.45. The zero-order valence-corrected chi connectivity index (χ0v) is 16.8. The molecule has 5 rings (SSSR count). The van der Waals surface area contributed by atoms with Crippen LogP contribution in [-0.4, -0.2) is 52.3 Å². The first-order valence-corrected chi connectivity index (χ1v) is 10.5. The number of nitrogens with one attached hydrogen (secondary N) is 2. The zero-order valence-electron chi connectivity index (χ0n) is 16.8. The number of aromatic nitrogens is 3. The molecule has 3 aliphatic rings. The third-order valence-corrected chi connectivity index (χ3v) is 6.64. The standard InChI is InChI=1S/C22H28N6O/c1-15-12-18(29)22(6-2-3-7-22)20-17(15)14-25-21(27-20)26-19-5-4-16(13-24-19)28-10-8-23-9-11-28/h2-5,13-15,18,23,29H,6-12H2,1H3,(H,24,25,26,27)/t15-,18-/m0/s1. The van der Waals surface area contributed by atoms with E-state index in [-0.39, 0.29) is 17.4 Å². The summed E-state index contributed by atoms with van der Waals surface area (Å²) >= 11 is 0. The smallest absolute Gasteiger partial charge is 0.228 e. The number of piperazine rings is 1. The Morgan fingerprint density at radius 3 is 2.66 bits per heavy atom. The summed E-state index contributed by atoms with van der Waals surface area (Å²) in [6.07, 6.45) is 10.2. The van der Waals surface area contributed by atoms with Gasteiger partial charge in [-0.1, -0.05) is 19.1 Å². The summed E-state index contributed by atoms with van der Waals surface area (Å²) in [5, 5.41) is 17.5. The van der Waals surface area contributed by atoms with Gasteiger partial charge in [-0.05, 0) is 42.9 Å². The summed E-state index contributed by atoms with van der Waals surface area (Å²) in [7, 11) is 0. The van der Waals surface area contributed by atoms with Gasteiger partial charge in [-0.25, -0.2) is 15.0 Å². The fraction of sp³-hybridized carbons (Fsp3) is 0.500. The molecule has 2 aliphatic carbocycles. The quantitative estimate of drug-likeness (QED) is 0.692. The first-order valence-electron chi connectivity index (χ1n) is 10.5. The summed E-state index contributed by atoms with van der Waals surface area (Å²) in [6, 6.07) is 4.07. The Morgan fingerprint density at radius 1 is 1.14 bits per heavy atom. The molecule has 7 heteroatoms. The van der Waals surface area contributed by atoms with Crippen LogP contribution in [0.15, 0.2) is 36.7 Å². The minimum Gasteiger partial charge on any atom is -0.392 e. The van der Waals surface area contributed by atoms with Crippen LogP contribution in [0.25, 0.3) is 0 Å². The predicted molar refractivity (Wildman–Crippen MR) is 114 cm³/mol. The number of aliphatic hydroxyl groups is 1. The molecular weight excluding hydrogens is 364 g/mol. The number of hydrogen-bond donors (Lipinski definition) is 3. The maximum atomic E-state index is 10.9. The average molecular weight is 393 g/mol. The highest BCUT2D eigenvalue weighted by Gasteiger charge is 2.47. The lowest BCUT2D eigenvalue weighted by molar-refractivity contribution is 0.0591. The van der Waals surface area contributed by atoms with Gasteiger partial charge in [-0.15, -0.1) is 0 Å². The minimum atomic E-state index is -0.376. The second kappa shape index (κ2) is 7.39. The van der Waals surface area contributed by atoms with E-state index in [1.165, 1.54) is 0 Å². The number of hydrogen-bond acceptors (Lipinski definition) is 7. The molecule has 1 spiro atoms. The lowest BCUT2D eigenvalue weighted by Gasteiger charge is -2.41. The summed E-state index contributed by atoms with van der Waals surface area (Å²) < 4.78 is 0. The third-order valence-electron chi connectivity index (χ3n) is 6.64. The Bertz CT molecular complexity index is 898. The molecule has 0 saturated carbocycles. The van der Waals surface area contributed by atoms with Crippen molar-refractivity contribution in [3.8, 4) is 0 Å². The van der Waals surface area contributed by atoms with Gasteiger partial charge in [-0.2, -0.15) is 0 Å². The van der Waals surface area contributed by atoms with Crippen LogP contribution in [0.3, 0.4) is 0 Å². The van der Waals surface area contributed by atoms with Crippen LogP contribution in [0, 0.1) is 0 Å². The van der Waals surface area contributed by atoms with E-state index in [9.17, 15) is 5.11 Å². The summed E-state index contributed by atoms with van der Waals surface area (Å²) in [4.78, 5) is 16.3. The van der Waals surface area contributed by atoms with Crippen LogP contribution in [0.2, 0.25) is 0 Å².